The van der Waals surface area contributed by atoms with Gasteiger partial charge in [0.2, 0.25) is 0 Å². The molecule has 8 heteroatoms. The molecule has 1 amide bonds. The van der Waals surface area contributed by atoms with Crippen molar-refractivity contribution < 1.29 is 32.6 Å². The molecule has 1 aliphatic heterocycles. The van der Waals surface area contributed by atoms with Crippen molar-refractivity contribution in [1.29, 1.82) is 0 Å². The quantitative estimate of drug-likeness (QED) is 0.235. The Balaban J connectivity index is 1.89. The molecule has 1 heterocycles. The van der Waals surface area contributed by atoms with E-state index in [1.165, 1.54) is 0 Å². The predicted molar refractivity (Wildman–Crippen MR) is 134 cm³/mol. The molecule has 1 unspecified atom stereocenters. The van der Waals surface area contributed by atoms with E-state index in [-0.39, 0.29) is 23.1 Å². The fourth-order valence-electron chi connectivity index (χ4n) is 4.44. The summed E-state index contributed by atoms with van der Waals surface area (Å²) < 4.78 is 45.1. The zero-order valence-electron chi connectivity index (χ0n) is 20.8. The van der Waals surface area contributed by atoms with Crippen molar-refractivity contribution in [3.05, 3.63) is 100 Å². The molecule has 1 N–H and O–H groups in total. The minimum atomic E-state index is -4.55. The first kappa shape index (κ1) is 26.0. The molecule has 1 saturated heterocycles. The molecule has 1 atom stereocenters. The van der Waals surface area contributed by atoms with Gasteiger partial charge in [0.15, 0.2) is 0 Å². The van der Waals surface area contributed by atoms with E-state index >= 15 is 0 Å². The Morgan fingerprint density at radius 1 is 0.946 bits per heavy atom. The molecular formula is C29H26F3NO4. The number of halogens is 3. The maximum absolute atomic E-state index is 13.3. The van der Waals surface area contributed by atoms with E-state index in [0.29, 0.717) is 16.9 Å². The number of alkyl halides is 3. The lowest BCUT2D eigenvalue weighted by molar-refractivity contribution is -0.137. The van der Waals surface area contributed by atoms with E-state index in [4.69, 9.17) is 4.74 Å². The van der Waals surface area contributed by atoms with E-state index in [0.717, 1.165) is 40.3 Å². The summed E-state index contributed by atoms with van der Waals surface area (Å²) in [5.41, 5.74) is 1.45. The summed E-state index contributed by atoms with van der Waals surface area (Å²) in [5.74, 6) is -1.62. The number of Topliss-reactive ketones (excluding diaryl/α,β-unsaturated/α-hetero) is 1. The highest BCUT2D eigenvalue weighted by Crippen LogP contribution is 2.44. The number of carbonyl (C=O) groups is 2. The maximum Gasteiger partial charge on any atom is 0.416 e. The number of rotatable bonds is 5. The van der Waals surface area contributed by atoms with Crippen LogP contribution >= 0.6 is 0 Å². The number of hydrogen-bond donors (Lipinski definition) is 1. The van der Waals surface area contributed by atoms with Crippen molar-refractivity contribution in [1.82, 2.24) is 0 Å². The van der Waals surface area contributed by atoms with Gasteiger partial charge in [-0.15, -0.1) is 0 Å². The van der Waals surface area contributed by atoms with Crippen LogP contribution in [0.2, 0.25) is 0 Å². The Hall–Kier alpha value is -4.07. The van der Waals surface area contributed by atoms with E-state index in [9.17, 15) is 27.9 Å². The fraction of sp³-hybridized carbons (Fsp3) is 0.241. The molecule has 0 bridgehead atoms. The van der Waals surface area contributed by atoms with Crippen LogP contribution in [0.3, 0.4) is 0 Å². The molecule has 0 radical (unpaired) electrons. The van der Waals surface area contributed by atoms with Crippen LogP contribution in [-0.2, 0) is 15.8 Å². The Morgan fingerprint density at radius 3 is 2.16 bits per heavy atom. The number of hydrogen-bond acceptors (Lipinski definition) is 4. The van der Waals surface area contributed by atoms with Crippen LogP contribution in [0.25, 0.3) is 5.76 Å². The summed E-state index contributed by atoms with van der Waals surface area (Å²) in [6.45, 7) is 7.37. The number of nitrogens with zero attached hydrogens (tertiary/aromatic N) is 1. The number of ketones is 1. The van der Waals surface area contributed by atoms with Crippen molar-refractivity contribution in [2.24, 2.45) is 0 Å². The summed E-state index contributed by atoms with van der Waals surface area (Å²) in [4.78, 5) is 27.7. The minimum absolute atomic E-state index is 0.0618. The second-order valence-corrected chi connectivity index (χ2v) is 9.22. The van der Waals surface area contributed by atoms with Gasteiger partial charge < -0.3 is 9.84 Å². The number of ether oxygens (including phenoxy) is 1. The average Bonchev–Trinajstić information content (AvgIpc) is 3.09. The first-order valence-electron chi connectivity index (χ1n) is 11.7. The van der Waals surface area contributed by atoms with Crippen molar-refractivity contribution >= 4 is 23.1 Å². The number of aliphatic hydroxyl groups excluding tert-OH is 1. The molecule has 0 saturated carbocycles. The van der Waals surface area contributed by atoms with Gasteiger partial charge in [0, 0.05) is 11.3 Å². The van der Waals surface area contributed by atoms with Gasteiger partial charge in [0.25, 0.3) is 11.7 Å². The molecule has 0 aliphatic carbocycles. The van der Waals surface area contributed by atoms with Crippen LogP contribution in [0, 0.1) is 13.8 Å². The van der Waals surface area contributed by atoms with Gasteiger partial charge in [0.1, 0.15) is 11.5 Å². The smallest absolute Gasteiger partial charge is 0.416 e. The lowest BCUT2D eigenvalue weighted by Gasteiger charge is -2.27. The van der Waals surface area contributed by atoms with E-state index in [1.54, 1.807) is 56.3 Å². The summed E-state index contributed by atoms with van der Waals surface area (Å²) in [6.07, 6.45) is -4.61. The van der Waals surface area contributed by atoms with Gasteiger partial charge in [-0.3, -0.25) is 14.5 Å². The van der Waals surface area contributed by atoms with E-state index in [1.807, 2.05) is 13.8 Å². The van der Waals surface area contributed by atoms with Gasteiger partial charge in [-0.05, 0) is 86.8 Å². The molecule has 192 valence electrons. The van der Waals surface area contributed by atoms with Gasteiger partial charge in [0.05, 0.1) is 23.3 Å². The largest absolute Gasteiger partial charge is 0.507 e. The highest BCUT2D eigenvalue weighted by atomic mass is 19.4. The van der Waals surface area contributed by atoms with Crippen LogP contribution in [0.15, 0.2) is 72.3 Å². The van der Waals surface area contributed by atoms with Crippen molar-refractivity contribution in [2.75, 3.05) is 4.90 Å². The fourth-order valence-corrected chi connectivity index (χ4v) is 4.44. The average molecular weight is 510 g/mol. The molecule has 4 rings (SSSR count). The summed E-state index contributed by atoms with van der Waals surface area (Å²) in [7, 11) is 0. The van der Waals surface area contributed by atoms with Gasteiger partial charge in [-0.1, -0.05) is 24.3 Å². The van der Waals surface area contributed by atoms with E-state index in [2.05, 4.69) is 0 Å². The lowest BCUT2D eigenvalue weighted by Crippen LogP contribution is -2.29. The van der Waals surface area contributed by atoms with Crippen LogP contribution in [0.4, 0.5) is 18.9 Å². The summed E-state index contributed by atoms with van der Waals surface area (Å²) >= 11 is 0. The first-order valence-corrected chi connectivity index (χ1v) is 11.7. The van der Waals surface area contributed by atoms with Crippen molar-refractivity contribution in [3.8, 4) is 5.75 Å². The van der Waals surface area contributed by atoms with E-state index < -0.39 is 29.5 Å². The lowest BCUT2D eigenvalue weighted by atomic mass is 9.92. The molecular weight excluding hydrogens is 483 g/mol. The highest BCUT2D eigenvalue weighted by molar-refractivity contribution is 6.51. The number of amides is 1. The molecule has 1 aliphatic rings. The number of aryl methyl sites for hydroxylation is 2. The number of carbonyl (C=O) groups excluding carboxylic acids is 2. The topological polar surface area (TPSA) is 66.8 Å². The highest BCUT2D eigenvalue weighted by Gasteiger charge is 2.47. The summed E-state index contributed by atoms with van der Waals surface area (Å²) in [5, 5.41) is 11.3. The third-order valence-corrected chi connectivity index (χ3v) is 6.21. The Morgan fingerprint density at radius 2 is 1.59 bits per heavy atom. The van der Waals surface area contributed by atoms with Crippen LogP contribution in [0.5, 0.6) is 5.75 Å². The van der Waals surface area contributed by atoms with Crippen LogP contribution in [-0.4, -0.2) is 22.9 Å². The van der Waals surface area contributed by atoms with Crippen molar-refractivity contribution in [3.63, 3.8) is 0 Å². The first-order chi connectivity index (χ1) is 17.4. The normalized spacial score (nSPS) is 17.5. The third kappa shape index (κ3) is 4.96. The van der Waals surface area contributed by atoms with Crippen LogP contribution in [0.1, 0.15) is 47.7 Å². The molecule has 3 aromatic rings. The molecule has 3 aromatic carbocycles. The van der Waals surface area contributed by atoms with Crippen LogP contribution < -0.4 is 9.64 Å². The van der Waals surface area contributed by atoms with Gasteiger partial charge in [-0.25, -0.2) is 0 Å². The molecule has 0 aromatic heterocycles. The number of aliphatic hydroxyl groups is 1. The maximum atomic E-state index is 13.3. The van der Waals surface area contributed by atoms with Gasteiger partial charge in [-0.2, -0.15) is 13.2 Å². The van der Waals surface area contributed by atoms with Crippen molar-refractivity contribution in [2.45, 2.75) is 46.0 Å². The Bertz CT molecular complexity index is 1390. The zero-order valence-corrected chi connectivity index (χ0v) is 20.8. The minimum Gasteiger partial charge on any atom is -0.507 e. The molecule has 37 heavy (non-hydrogen) atoms. The predicted octanol–water partition coefficient (Wildman–Crippen LogP) is 6.74. The third-order valence-electron chi connectivity index (χ3n) is 6.21. The number of benzene rings is 3. The monoisotopic (exact) mass is 509 g/mol. The molecule has 1 fully saturated rings. The second kappa shape index (κ2) is 9.76. The second-order valence-electron chi connectivity index (χ2n) is 9.22. The standard InChI is InChI=1S/C29H26F3NO4/c1-16(2)37-23-14-9-19(15-18(23)4)26(34)24-25(22-8-6-5-7-17(22)3)33(28(36)27(24)35)21-12-10-20(11-13-21)29(30,31)32/h5-16,25,34H,1-4H3/b26-24+. The zero-order chi connectivity index (χ0) is 27.1. The number of anilines is 1. The Kier molecular flexibility index (Phi) is 6.86. The Labute approximate surface area is 212 Å². The SMILES string of the molecule is Cc1cc(/C(O)=C2\C(=O)C(=O)N(c3ccc(C(F)(F)F)cc3)C2c2ccccc2C)ccc1OC(C)C. The van der Waals surface area contributed by atoms with Gasteiger partial charge >= 0.3 is 6.18 Å². The molecule has 0 spiro atoms. The summed E-state index contributed by atoms with van der Waals surface area (Å²) in [6, 6.07) is 15.0. The molecule has 5 nitrogen and oxygen atoms in total.